The van der Waals surface area contributed by atoms with Crippen LogP contribution in [-0.4, -0.2) is 52.8 Å². The molecule has 0 radical (unpaired) electrons. The lowest BCUT2D eigenvalue weighted by Crippen LogP contribution is -2.47. The lowest BCUT2D eigenvalue weighted by atomic mass is 10.1. The zero-order valence-electron chi connectivity index (χ0n) is 10.3. The molecule has 0 aromatic rings. The van der Waals surface area contributed by atoms with Crippen molar-refractivity contribution in [1.82, 2.24) is 10.2 Å². The summed E-state index contributed by atoms with van der Waals surface area (Å²) >= 11 is 1.93. The number of nitrogens with zero attached hydrogens (tertiary/aromatic N) is 1. The minimum Gasteiger partial charge on any atom is -0.394 e. The van der Waals surface area contributed by atoms with E-state index in [-0.39, 0.29) is 23.4 Å². The van der Waals surface area contributed by atoms with Gasteiger partial charge in [0.15, 0.2) is 0 Å². The number of urea groups is 1. The molecular formula is C11H22N2O2S. The molecule has 1 heterocycles. The Morgan fingerprint density at radius 3 is 2.88 bits per heavy atom. The highest BCUT2D eigenvalue weighted by Crippen LogP contribution is 2.36. The largest absolute Gasteiger partial charge is 0.394 e. The van der Waals surface area contributed by atoms with Crippen molar-refractivity contribution >= 4 is 17.8 Å². The van der Waals surface area contributed by atoms with Crippen LogP contribution in [0.4, 0.5) is 4.79 Å². The van der Waals surface area contributed by atoms with Gasteiger partial charge < -0.3 is 15.3 Å². The van der Waals surface area contributed by atoms with E-state index in [2.05, 4.69) is 12.2 Å². The number of aliphatic hydroxyl groups is 1. The van der Waals surface area contributed by atoms with Crippen LogP contribution in [0.3, 0.4) is 0 Å². The van der Waals surface area contributed by atoms with Crippen molar-refractivity contribution in [2.45, 2.75) is 37.5 Å². The first-order valence-corrected chi connectivity index (χ1v) is 6.72. The van der Waals surface area contributed by atoms with Gasteiger partial charge in [-0.05, 0) is 32.4 Å². The number of hydrogen-bond acceptors (Lipinski definition) is 3. The van der Waals surface area contributed by atoms with E-state index in [0.717, 1.165) is 6.42 Å². The highest BCUT2D eigenvalue weighted by Gasteiger charge is 2.30. The molecule has 0 saturated carbocycles. The van der Waals surface area contributed by atoms with Crippen LogP contribution < -0.4 is 5.32 Å². The smallest absolute Gasteiger partial charge is 0.317 e. The zero-order chi connectivity index (χ0) is 12.2. The molecule has 1 saturated heterocycles. The van der Waals surface area contributed by atoms with E-state index in [1.807, 2.05) is 18.7 Å². The van der Waals surface area contributed by atoms with Crippen LogP contribution in [0.1, 0.15) is 26.7 Å². The van der Waals surface area contributed by atoms with Crippen LogP contribution >= 0.6 is 11.8 Å². The molecule has 2 unspecified atom stereocenters. The quantitative estimate of drug-likeness (QED) is 0.786. The first-order chi connectivity index (χ1) is 7.48. The van der Waals surface area contributed by atoms with E-state index in [4.69, 9.17) is 5.11 Å². The Bertz CT molecular complexity index is 242. The molecule has 0 spiro atoms. The van der Waals surface area contributed by atoms with Gasteiger partial charge in [0.05, 0.1) is 12.6 Å². The number of carbonyl (C=O) groups is 1. The lowest BCUT2D eigenvalue weighted by molar-refractivity contribution is 0.157. The Kier molecular flexibility index (Phi) is 4.92. The van der Waals surface area contributed by atoms with Crippen molar-refractivity contribution < 1.29 is 9.90 Å². The molecule has 1 aliphatic rings. The standard InChI is InChI=1S/C11H22N2O2S/c1-9(7-14)13(3)10(15)12-8-11(2)5-4-6-16-11/h9,14H,4-8H2,1-3H3,(H,12,15). The van der Waals surface area contributed by atoms with Gasteiger partial charge in [0.25, 0.3) is 0 Å². The van der Waals surface area contributed by atoms with Crippen LogP contribution in [0.15, 0.2) is 0 Å². The number of thioether (sulfide) groups is 1. The van der Waals surface area contributed by atoms with E-state index in [9.17, 15) is 4.79 Å². The van der Waals surface area contributed by atoms with Gasteiger partial charge in [-0.3, -0.25) is 0 Å². The van der Waals surface area contributed by atoms with Crippen LogP contribution in [0.25, 0.3) is 0 Å². The number of amides is 2. The molecule has 0 aliphatic carbocycles. The summed E-state index contributed by atoms with van der Waals surface area (Å²) < 4.78 is 0.193. The molecule has 2 atom stereocenters. The summed E-state index contributed by atoms with van der Waals surface area (Å²) in [5, 5.41) is 11.9. The number of hydrogen-bond donors (Lipinski definition) is 2. The molecule has 94 valence electrons. The van der Waals surface area contributed by atoms with E-state index >= 15 is 0 Å². The van der Waals surface area contributed by atoms with Crippen LogP contribution in [0.2, 0.25) is 0 Å². The first-order valence-electron chi connectivity index (χ1n) is 5.74. The molecule has 4 nitrogen and oxygen atoms in total. The van der Waals surface area contributed by atoms with Crippen LogP contribution in [0, 0.1) is 0 Å². The number of likely N-dealkylation sites (N-methyl/N-ethyl adjacent to an activating group) is 1. The Labute approximate surface area is 102 Å². The van der Waals surface area contributed by atoms with E-state index in [1.54, 1.807) is 11.9 Å². The average Bonchev–Trinajstić information content (AvgIpc) is 2.71. The molecule has 0 aromatic heterocycles. The predicted molar refractivity (Wildman–Crippen MR) is 67.8 cm³/mol. The van der Waals surface area contributed by atoms with Gasteiger partial charge >= 0.3 is 6.03 Å². The SMILES string of the molecule is CC(CO)N(C)C(=O)NCC1(C)CCCS1. The fraction of sp³-hybridized carbons (Fsp3) is 0.909. The number of nitrogens with one attached hydrogen (secondary N) is 1. The van der Waals surface area contributed by atoms with Crippen molar-refractivity contribution in [3.63, 3.8) is 0 Å². The van der Waals surface area contributed by atoms with Gasteiger partial charge in [-0.15, -0.1) is 0 Å². The summed E-state index contributed by atoms with van der Waals surface area (Å²) in [4.78, 5) is 13.3. The summed E-state index contributed by atoms with van der Waals surface area (Å²) in [6.45, 7) is 4.72. The highest BCUT2D eigenvalue weighted by atomic mass is 32.2. The fourth-order valence-electron chi connectivity index (χ4n) is 1.69. The first kappa shape index (κ1) is 13.6. The normalized spacial score (nSPS) is 26.5. The molecule has 5 heteroatoms. The van der Waals surface area contributed by atoms with Gasteiger partial charge in [0.1, 0.15) is 0 Å². The Hall–Kier alpha value is -0.420. The summed E-state index contributed by atoms with van der Waals surface area (Å²) in [5.74, 6) is 1.19. The molecule has 1 rings (SSSR count). The lowest BCUT2D eigenvalue weighted by Gasteiger charge is -2.27. The van der Waals surface area contributed by atoms with Gasteiger partial charge in [0, 0.05) is 18.3 Å². The minimum atomic E-state index is -0.135. The molecule has 1 fully saturated rings. The molecule has 2 N–H and O–H groups in total. The van der Waals surface area contributed by atoms with E-state index in [0.29, 0.717) is 6.54 Å². The molecule has 2 amide bonds. The van der Waals surface area contributed by atoms with Gasteiger partial charge in [-0.2, -0.15) is 11.8 Å². The fourth-order valence-corrected chi connectivity index (χ4v) is 2.93. The molecular weight excluding hydrogens is 224 g/mol. The van der Waals surface area contributed by atoms with Gasteiger partial charge in [-0.1, -0.05) is 0 Å². The molecule has 0 bridgehead atoms. The van der Waals surface area contributed by atoms with Gasteiger partial charge in [0.2, 0.25) is 0 Å². The molecule has 0 aromatic carbocycles. The maximum atomic E-state index is 11.7. The number of carbonyl (C=O) groups excluding carboxylic acids is 1. The van der Waals surface area contributed by atoms with E-state index < -0.39 is 0 Å². The second-order valence-corrected chi connectivity index (χ2v) is 6.39. The van der Waals surface area contributed by atoms with E-state index in [1.165, 1.54) is 12.2 Å². The highest BCUT2D eigenvalue weighted by molar-refractivity contribution is 8.00. The average molecular weight is 246 g/mol. The summed E-state index contributed by atoms with van der Waals surface area (Å²) in [5.41, 5.74) is 0. The summed E-state index contributed by atoms with van der Waals surface area (Å²) in [6, 6.07) is -0.237. The number of rotatable bonds is 4. The van der Waals surface area contributed by atoms with Crippen molar-refractivity contribution in [2.24, 2.45) is 0 Å². The van der Waals surface area contributed by atoms with Crippen molar-refractivity contribution in [3.8, 4) is 0 Å². The minimum absolute atomic E-state index is 0.00403. The molecule has 1 aliphatic heterocycles. The second kappa shape index (κ2) is 5.77. The summed E-state index contributed by atoms with van der Waals surface area (Å²) in [6.07, 6.45) is 2.40. The maximum absolute atomic E-state index is 11.7. The van der Waals surface area contributed by atoms with Crippen molar-refractivity contribution in [1.29, 1.82) is 0 Å². The van der Waals surface area contributed by atoms with Crippen LogP contribution in [0.5, 0.6) is 0 Å². The third-order valence-electron chi connectivity index (χ3n) is 3.16. The van der Waals surface area contributed by atoms with Crippen molar-refractivity contribution in [2.75, 3.05) is 26.0 Å². The Balaban J connectivity index is 2.34. The number of aliphatic hydroxyl groups excluding tert-OH is 1. The molecule has 16 heavy (non-hydrogen) atoms. The van der Waals surface area contributed by atoms with Crippen LogP contribution in [-0.2, 0) is 0 Å². The zero-order valence-corrected chi connectivity index (χ0v) is 11.1. The third kappa shape index (κ3) is 3.56. The predicted octanol–water partition coefficient (Wildman–Crippen LogP) is 1.29. The summed E-state index contributed by atoms with van der Waals surface area (Å²) in [7, 11) is 1.71. The maximum Gasteiger partial charge on any atom is 0.317 e. The third-order valence-corrected chi connectivity index (χ3v) is 4.70. The topological polar surface area (TPSA) is 52.6 Å². The Morgan fingerprint density at radius 1 is 1.69 bits per heavy atom. The van der Waals surface area contributed by atoms with Crippen molar-refractivity contribution in [3.05, 3.63) is 0 Å². The van der Waals surface area contributed by atoms with Gasteiger partial charge in [-0.25, -0.2) is 4.79 Å². The monoisotopic (exact) mass is 246 g/mol. The Morgan fingerprint density at radius 2 is 2.38 bits per heavy atom. The second-order valence-electron chi connectivity index (χ2n) is 4.70.